The molecule has 1 aromatic heterocycles. The number of aliphatic hydroxyl groups excluding tert-OH is 1. The third-order valence-corrected chi connectivity index (χ3v) is 7.89. The van der Waals surface area contributed by atoms with Gasteiger partial charge in [-0.3, -0.25) is 13.9 Å². The number of esters is 1. The molecule has 1 aromatic carbocycles. The van der Waals surface area contributed by atoms with Crippen molar-refractivity contribution in [3.05, 3.63) is 63.5 Å². The van der Waals surface area contributed by atoms with Gasteiger partial charge in [0, 0.05) is 11.1 Å². The standard InChI is InChI=1S/C25H36N7O8P/c1-17(24(34)38-19-9-5-3-6-10-19)30-41(36,40-20-11-7-4-8-12-20)37-16-21(18(2)33)39-23(15-28-31-27)32-14-13-22(26)29-25(32)35/h4,7-8,11-14,17-19,21,23,33H,3,5-6,9-10,15-16H2,1-2H3,(H,30,36)(H2,26,29,35)/t17-,18-,21+,23+,41?/m0/s1. The number of nitrogen functional groups attached to an aromatic ring is 1. The average molecular weight is 594 g/mol. The first-order chi connectivity index (χ1) is 19.6. The number of para-hydroxylation sites is 1. The number of carbonyl (C=O) groups excluding carboxylic acids is 1. The molecule has 15 nitrogen and oxygen atoms in total. The third-order valence-electron chi connectivity index (χ3n) is 6.25. The van der Waals surface area contributed by atoms with Crippen molar-refractivity contribution in [3.63, 3.8) is 0 Å². The summed E-state index contributed by atoms with van der Waals surface area (Å²) in [5, 5.41) is 16.5. The molecule has 2 aromatic rings. The van der Waals surface area contributed by atoms with Crippen molar-refractivity contribution in [3.8, 4) is 5.75 Å². The number of rotatable bonds is 15. The zero-order valence-electron chi connectivity index (χ0n) is 22.9. The molecule has 1 saturated carbocycles. The van der Waals surface area contributed by atoms with Gasteiger partial charge in [-0.1, -0.05) is 29.7 Å². The molecule has 4 N–H and O–H groups in total. The molecule has 16 heteroatoms. The molecule has 0 bridgehead atoms. The highest BCUT2D eigenvalue weighted by Gasteiger charge is 2.35. The Morgan fingerprint density at radius 2 is 1.98 bits per heavy atom. The molecule has 1 aliphatic rings. The summed E-state index contributed by atoms with van der Waals surface area (Å²) in [4.78, 5) is 31.5. The van der Waals surface area contributed by atoms with Gasteiger partial charge in [0.05, 0.1) is 19.3 Å². The predicted molar refractivity (Wildman–Crippen MR) is 149 cm³/mol. The van der Waals surface area contributed by atoms with E-state index in [1.54, 1.807) is 30.3 Å². The Hall–Kier alpha value is -3.45. The van der Waals surface area contributed by atoms with Gasteiger partial charge in [0.25, 0.3) is 0 Å². The van der Waals surface area contributed by atoms with Crippen molar-refractivity contribution < 1.29 is 33.0 Å². The van der Waals surface area contributed by atoms with Crippen molar-refractivity contribution in [2.24, 2.45) is 5.11 Å². The van der Waals surface area contributed by atoms with Crippen molar-refractivity contribution >= 4 is 19.5 Å². The summed E-state index contributed by atoms with van der Waals surface area (Å²) in [5.41, 5.74) is 13.6. The number of aliphatic hydroxyl groups is 1. The fourth-order valence-electron chi connectivity index (χ4n) is 4.06. The highest BCUT2D eigenvalue weighted by atomic mass is 31.2. The van der Waals surface area contributed by atoms with E-state index in [-0.39, 0.29) is 24.2 Å². The Bertz CT molecular complexity index is 1280. The maximum Gasteiger partial charge on any atom is 0.459 e. The second kappa shape index (κ2) is 15.5. The first-order valence-corrected chi connectivity index (χ1v) is 14.8. The summed E-state index contributed by atoms with van der Waals surface area (Å²) in [6.45, 7) is 2.02. The van der Waals surface area contributed by atoms with E-state index >= 15 is 0 Å². The van der Waals surface area contributed by atoms with Gasteiger partial charge in [-0.15, -0.1) is 0 Å². The summed E-state index contributed by atoms with van der Waals surface area (Å²) in [6.07, 6.45) is 2.05. The number of hydrogen-bond donors (Lipinski definition) is 3. The fourth-order valence-corrected chi connectivity index (χ4v) is 5.56. The monoisotopic (exact) mass is 593 g/mol. The van der Waals surface area contributed by atoms with Crippen LogP contribution in [0.15, 0.2) is 52.5 Å². The first-order valence-electron chi connectivity index (χ1n) is 13.3. The van der Waals surface area contributed by atoms with Gasteiger partial charge < -0.3 is 24.8 Å². The van der Waals surface area contributed by atoms with Crippen LogP contribution in [0.25, 0.3) is 10.4 Å². The van der Waals surface area contributed by atoms with E-state index in [9.17, 15) is 19.3 Å². The highest BCUT2D eigenvalue weighted by Crippen LogP contribution is 2.45. The summed E-state index contributed by atoms with van der Waals surface area (Å²) < 4.78 is 37.7. The Morgan fingerprint density at radius 3 is 2.61 bits per heavy atom. The molecule has 41 heavy (non-hydrogen) atoms. The summed E-state index contributed by atoms with van der Waals surface area (Å²) >= 11 is 0. The number of aromatic nitrogens is 2. The number of hydrogen-bond acceptors (Lipinski definition) is 11. The lowest BCUT2D eigenvalue weighted by Gasteiger charge is -2.29. The van der Waals surface area contributed by atoms with Crippen molar-refractivity contribution in [1.29, 1.82) is 0 Å². The maximum absolute atomic E-state index is 13.9. The minimum atomic E-state index is -4.27. The zero-order chi connectivity index (χ0) is 29.8. The van der Waals surface area contributed by atoms with E-state index < -0.39 is 50.5 Å². The van der Waals surface area contributed by atoms with Crippen LogP contribution in [0.3, 0.4) is 0 Å². The number of nitrogens with zero attached hydrogens (tertiary/aromatic N) is 5. The minimum absolute atomic E-state index is 0.0228. The fraction of sp³-hybridized carbons (Fsp3) is 0.560. The van der Waals surface area contributed by atoms with E-state index in [4.69, 9.17) is 29.8 Å². The van der Waals surface area contributed by atoms with Crippen LogP contribution in [0.1, 0.15) is 52.2 Å². The molecule has 1 unspecified atom stereocenters. The van der Waals surface area contributed by atoms with Crippen LogP contribution in [0.2, 0.25) is 0 Å². The first kappa shape index (κ1) is 32.1. The molecule has 1 heterocycles. The molecule has 1 aliphatic carbocycles. The van der Waals surface area contributed by atoms with Crippen LogP contribution in [0.4, 0.5) is 5.82 Å². The van der Waals surface area contributed by atoms with E-state index in [0.29, 0.717) is 0 Å². The van der Waals surface area contributed by atoms with Gasteiger partial charge in [-0.25, -0.2) is 9.36 Å². The van der Waals surface area contributed by atoms with Gasteiger partial charge in [0.1, 0.15) is 36.0 Å². The lowest BCUT2D eigenvalue weighted by molar-refractivity contribution is -0.152. The van der Waals surface area contributed by atoms with Gasteiger partial charge in [-0.2, -0.15) is 10.1 Å². The Balaban J connectivity index is 1.77. The molecule has 224 valence electrons. The van der Waals surface area contributed by atoms with Crippen LogP contribution in [-0.4, -0.2) is 58.1 Å². The Morgan fingerprint density at radius 1 is 1.27 bits per heavy atom. The van der Waals surface area contributed by atoms with Gasteiger partial charge in [0.15, 0.2) is 0 Å². The lowest BCUT2D eigenvalue weighted by Crippen LogP contribution is -2.40. The number of carbonyl (C=O) groups is 1. The number of benzene rings is 1. The third kappa shape index (κ3) is 10.2. The van der Waals surface area contributed by atoms with Crippen LogP contribution in [0.5, 0.6) is 5.75 Å². The Labute approximate surface area is 237 Å². The molecule has 0 saturated heterocycles. The van der Waals surface area contributed by atoms with Crippen molar-refractivity contribution in [2.75, 3.05) is 18.9 Å². The zero-order valence-corrected chi connectivity index (χ0v) is 23.8. The number of azide groups is 1. The second-order valence-corrected chi connectivity index (χ2v) is 11.3. The summed E-state index contributed by atoms with van der Waals surface area (Å²) in [7, 11) is -4.27. The largest absolute Gasteiger partial charge is 0.461 e. The van der Waals surface area contributed by atoms with Crippen LogP contribution in [0, 0.1) is 0 Å². The number of anilines is 1. The predicted octanol–water partition coefficient (Wildman–Crippen LogP) is 3.46. The SMILES string of the molecule is C[C@H](NP(=O)(OC[C@@H](O[C@H](CN=[N+]=[N-])n1ccc(N)nc1=O)[C@H](C)O)Oc1ccccc1)C(=O)OC1CCCCC1. The molecule has 0 aliphatic heterocycles. The van der Waals surface area contributed by atoms with Gasteiger partial charge in [0.2, 0.25) is 0 Å². The normalized spacial score (nSPS) is 18.2. The molecule has 3 rings (SSSR count). The van der Waals surface area contributed by atoms with Crippen LogP contribution < -0.4 is 21.0 Å². The van der Waals surface area contributed by atoms with Gasteiger partial charge in [-0.05, 0) is 63.3 Å². The smallest absolute Gasteiger partial charge is 0.459 e. The van der Waals surface area contributed by atoms with E-state index in [1.807, 2.05) is 0 Å². The van der Waals surface area contributed by atoms with E-state index in [1.165, 1.54) is 26.1 Å². The quantitative estimate of drug-likeness (QED) is 0.0894. The molecular formula is C25H36N7O8P. The molecule has 0 amide bonds. The number of ether oxygens (including phenoxy) is 2. The summed E-state index contributed by atoms with van der Waals surface area (Å²) in [6, 6.07) is 8.48. The van der Waals surface area contributed by atoms with Gasteiger partial charge >= 0.3 is 19.4 Å². The minimum Gasteiger partial charge on any atom is -0.461 e. The second-order valence-electron chi connectivity index (χ2n) is 9.57. The average Bonchev–Trinajstić information content (AvgIpc) is 2.94. The van der Waals surface area contributed by atoms with Crippen molar-refractivity contribution in [2.45, 2.75) is 76.5 Å². The maximum atomic E-state index is 13.9. The van der Waals surface area contributed by atoms with E-state index in [0.717, 1.165) is 36.7 Å². The lowest BCUT2D eigenvalue weighted by atomic mass is 9.98. The number of nitrogens with two attached hydrogens (primary N) is 1. The molecule has 5 atom stereocenters. The molecule has 1 fully saturated rings. The van der Waals surface area contributed by atoms with Crippen molar-refractivity contribution in [1.82, 2.24) is 14.6 Å². The van der Waals surface area contributed by atoms with Crippen LogP contribution >= 0.6 is 7.75 Å². The van der Waals surface area contributed by atoms with E-state index in [2.05, 4.69) is 20.1 Å². The molecule has 0 spiro atoms. The molecular weight excluding hydrogens is 557 g/mol. The molecule has 0 radical (unpaired) electrons. The topological polar surface area (TPSA) is 213 Å². The van der Waals surface area contributed by atoms with Crippen LogP contribution in [-0.2, 0) is 23.4 Å². The highest BCUT2D eigenvalue weighted by molar-refractivity contribution is 7.52. The Kier molecular flexibility index (Phi) is 12.1. The number of nitrogens with one attached hydrogen (secondary N) is 1. The summed E-state index contributed by atoms with van der Waals surface area (Å²) in [5.74, 6) is -0.429.